The Hall–Kier alpha value is -2.10. The van der Waals surface area contributed by atoms with E-state index >= 15 is 0 Å². The molecule has 0 fully saturated rings. The van der Waals surface area contributed by atoms with Gasteiger partial charge < -0.3 is 9.90 Å². The molecule has 4 heteroatoms. The summed E-state index contributed by atoms with van der Waals surface area (Å²) in [7, 11) is 0. The number of hydrogen-bond donors (Lipinski definition) is 0. The van der Waals surface area contributed by atoms with Crippen LogP contribution in [0.3, 0.4) is 0 Å². The molecule has 2 aromatic rings. The van der Waals surface area contributed by atoms with E-state index in [4.69, 9.17) is 0 Å². The van der Waals surface area contributed by atoms with Crippen molar-refractivity contribution in [3.8, 4) is 0 Å². The molecule has 0 unspecified atom stereocenters. The van der Waals surface area contributed by atoms with Crippen molar-refractivity contribution in [2.75, 3.05) is 0 Å². The van der Waals surface area contributed by atoms with Gasteiger partial charge in [0.05, 0.1) is 12.5 Å². The van der Waals surface area contributed by atoms with Crippen LogP contribution in [0, 0.1) is 6.92 Å². The van der Waals surface area contributed by atoms with Gasteiger partial charge in [0.1, 0.15) is 18.4 Å². The maximum Gasteiger partial charge on any atom is 0.256 e. The number of nitrogens with zero attached hydrogens (tertiary/aromatic N) is 2. The summed E-state index contributed by atoms with van der Waals surface area (Å²) in [4.78, 5) is 11.0. The second-order valence-corrected chi connectivity index (χ2v) is 8.48. The Morgan fingerprint density at radius 2 is 1.47 bits per heavy atom. The average molecular weight is 413 g/mol. The van der Waals surface area contributed by atoms with Gasteiger partial charge in [-0.15, -0.1) is 0 Å². The lowest BCUT2D eigenvalue weighted by atomic mass is 10.1. The molecule has 166 valence electrons. The van der Waals surface area contributed by atoms with E-state index in [1.165, 1.54) is 75.7 Å². The van der Waals surface area contributed by atoms with Crippen LogP contribution in [0.15, 0.2) is 30.5 Å². The Kier molecular flexibility index (Phi) is 10.7. The van der Waals surface area contributed by atoms with Gasteiger partial charge >= 0.3 is 0 Å². The first kappa shape index (κ1) is 24.2. The van der Waals surface area contributed by atoms with Gasteiger partial charge in [-0.3, -0.25) is 0 Å². The highest BCUT2D eigenvalue weighted by molar-refractivity contribution is 5.85. The molecule has 0 amide bonds. The minimum atomic E-state index is -1.12. The van der Waals surface area contributed by atoms with Crippen molar-refractivity contribution in [2.24, 2.45) is 0 Å². The summed E-state index contributed by atoms with van der Waals surface area (Å²) < 4.78 is 4.74. The molecule has 30 heavy (non-hydrogen) atoms. The predicted molar refractivity (Wildman–Crippen MR) is 120 cm³/mol. The van der Waals surface area contributed by atoms with Gasteiger partial charge in [0.25, 0.3) is 5.82 Å². The molecule has 0 aliphatic heterocycles. The first-order valence-electron chi connectivity index (χ1n) is 12.0. The Labute approximate surface area is 182 Å². The highest BCUT2D eigenvalue weighted by Crippen LogP contribution is 2.13. The monoisotopic (exact) mass is 412 g/mol. The normalized spacial score (nSPS) is 11.2. The summed E-state index contributed by atoms with van der Waals surface area (Å²) >= 11 is 0. The number of carboxylic acid groups (broad SMARTS) is 1. The average Bonchev–Trinajstić information content (AvgIpc) is 3.03. The maximum atomic E-state index is 11.0. The summed E-state index contributed by atoms with van der Waals surface area (Å²) in [5.41, 5.74) is 2.63. The first-order chi connectivity index (χ1) is 14.6. The van der Waals surface area contributed by atoms with Crippen LogP contribution >= 0.6 is 0 Å². The Morgan fingerprint density at radius 1 is 0.900 bits per heavy atom. The second kappa shape index (κ2) is 13.3. The summed E-state index contributed by atoms with van der Waals surface area (Å²) in [6, 6.07) is 7.05. The summed E-state index contributed by atoms with van der Waals surface area (Å²) in [5.74, 6) is 0.252. The van der Waals surface area contributed by atoms with Crippen molar-refractivity contribution in [2.45, 2.75) is 104 Å². The largest absolute Gasteiger partial charge is 0.545 e. The molecular weight excluding hydrogens is 372 g/mol. The van der Waals surface area contributed by atoms with Gasteiger partial charge in [0.15, 0.2) is 0 Å². The molecule has 1 heterocycles. The van der Waals surface area contributed by atoms with Crippen LogP contribution in [0.4, 0.5) is 0 Å². The van der Waals surface area contributed by atoms with E-state index in [1.54, 1.807) is 12.1 Å². The smallest absolute Gasteiger partial charge is 0.256 e. The van der Waals surface area contributed by atoms with Gasteiger partial charge in [0.2, 0.25) is 0 Å². The lowest BCUT2D eigenvalue weighted by Gasteiger charge is -2.07. The van der Waals surface area contributed by atoms with E-state index in [9.17, 15) is 9.90 Å². The third-order valence-corrected chi connectivity index (χ3v) is 6.02. The van der Waals surface area contributed by atoms with E-state index < -0.39 is 5.97 Å². The highest BCUT2D eigenvalue weighted by atomic mass is 16.4. The fourth-order valence-electron chi connectivity index (χ4n) is 4.29. The van der Waals surface area contributed by atoms with Crippen LogP contribution in [-0.4, -0.2) is 10.5 Å². The number of carbonyl (C=O) groups excluding carboxylic acids is 1. The van der Waals surface area contributed by atoms with Crippen LogP contribution in [0.1, 0.15) is 105 Å². The highest BCUT2D eigenvalue weighted by Gasteiger charge is 2.19. The number of rotatable bonds is 15. The van der Waals surface area contributed by atoms with E-state index in [0.29, 0.717) is 0 Å². The number of carboxylic acids is 1. The van der Waals surface area contributed by atoms with Crippen molar-refractivity contribution < 1.29 is 14.5 Å². The number of carbonyl (C=O) groups is 1. The fraction of sp³-hybridized carbons (Fsp3) is 0.615. The molecule has 0 bridgehead atoms. The van der Waals surface area contributed by atoms with Crippen LogP contribution in [0.25, 0.3) is 0 Å². The van der Waals surface area contributed by atoms with Crippen LogP contribution < -0.4 is 9.67 Å². The number of aryl methyl sites for hydroxylation is 1. The van der Waals surface area contributed by atoms with Gasteiger partial charge in [-0.2, -0.15) is 0 Å². The molecular formula is C26H40N2O2. The van der Waals surface area contributed by atoms with Gasteiger partial charge in [-0.1, -0.05) is 89.0 Å². The summed E-state index contributed by atoms with van der Waals surface area (Å²) in [6.45, 7) is 8.39. The Balaban J connectivity index is 1.84. The third-order valence-electron chi connectivity index (χ3n) is 6.02. The topological polar surface area (TPSA) is 48.9 Å². The zero-order chi connectivity index (χ0) is 21.8. The lowest BCUT2D eigenvalue weighted by molar-refractivity contribution is -0.695. The molecule has 2 rings (SSSR count). The van der Waals surface area contributed by atoms with Gasteiger partial charge in [-0.05, 0) is 24.5 Å². The molecule has 4 nitrogen and oxygen atoms in total. The zero-order valence-corrected chi connectivity index (χ0v) is 19.3. The number of imidazole rings is 1. The Bertz CT molecular complexity index is 762. The molecule has 1 aromatic heterocycles. The molecule has 0 saturated heterocycles. The quantitative estimate of drug-likeness (QED) is 0.306. The second-order valence-electron chi connectivity index (χ2n) is 8.48. The molecule has 0 radical (unpaired) electrons. The van der Waals surface area contributed by atoms with E-state index in [1.807, 2.05) is 12.1 Å². The number of hydrogen-bond acceptors (Lipinski definition) is 2. The molecule has 0 N–H and O–H groups in total. The fourth-order valence-corrected chi connectivity index (χ4v) is 4.29. The SMILES string of the molecule is CCCCCCCCCCCCc1n(CC)c(C)c[n+]1Cc1ccc(C(=O)[O-])cc1. The molecule has 1 aromatic carbocycles. The summed E-state index contributed by atoms with van der Waals surface area (Å²) in [6.07, 6.45) is 16.8. The van der Waals surface area contributed by atoms with E-state index in [2.05, 4.69) is 36.1 Å². The van der Waals surface area contributed by atoms with Crippen molar-refractivity contribution in [1.82, 2.24) is 4.57 Å². The van der Waals surface area contributed by atoms with Crippen LogP contribution in [-0.2, 0) is 19.5 Å². The molecule has 0 aliphatic rings. The van der Waals surface area contributed by atoms with Crippen LogP contribution in [0.2, 0.25) is 0 Å². The first-order valence-corrected chi connectivity index (χ1v) is 12.0. The van der Waals surface area contributed by atoms with E-state index in [-0.39, 0.29) is 5.56 Å². The molecule has 0 spiro atoms. The van der Waals surface area contributed by atoms with E-state index in [0.717, 1.165) is 25.1 Å². The zero-order valence-electron chi connectivity index (χ0n) is 19.3. The number of aromatic carboxylic acids is 1. The molecule has 0 saturated carbocycles. The minimum Gasteiger partial charge on any atom is -0.545 e. The molecule has 0 aliphatic carbocycles. The van der Waals surface area contributed by atoms with Crippen LogP contribution in [0.5, 0.6) is 0 Å². The molecule has 0 atom stereocenters. The number of aromatic nitrogens is 2. The third kappa shape index (κ3) is 7.62. The van der Waals surface area contributed by atoms with Gasteiger partial charge in [0, 0.05) is 13.3 Å². The maximum absolute atomic E-state index is 11.0. The van der Waals surface area contributed by atoms with Crippen molar-refractivity contribution in [3.63, 3.8) is 0 Å². The number of benzene rings is 1. The predicted octanol–water partition coefficient (Wildman–Crippen LogP) is 4.98. The lowest BCUT2D eigenvalue weighted by Crippen LogP contribution is -2.37. The summed E-state index contributed by atoms with van der Waals surface area (Å²) in [5, 5.41) is 11.0. The van der Waals surface area contributed by atoms with Gasteiger partial charge in [-0.25, -0.2) is 9.13 Å². The number of unbranched alkanes of at least 4 members (excludes halogenated alkanes) is 9. The van der Waals surface area contributed by atoms with Crippen molar-refractivity contribution >= 4 is 5.97 Å². The minimum absolute atomic E-state index is 0.233. The standard InChI is InChI=1S/C26H40N2O2/c1-4-6-7-8-9-10-11-12-13-14-15-25-27(20-22(3)28(25)5-2)21-23-16-18-24(19-17-23)26(29)30/h16-20H,4-15,21H2,1-3H3. The Morgan fingerprint density at radius 3 is 2.00 bits per heavy atom. The van der Waals surface area contributed by atoms with Crippen molar-refractivity contribution in [1.29, 1.82) is 0 Å². The van der Waals surface area contributed by atoms with Crippen molar-refractivity contribution in [3.05, 3.63) is 53.1 Å².